The summed E-state index contributed by atoms with van der Waals surface area (Å²) in [5.41, 5.74) is 7.70. The van der Waals surface area contributed by atoms with Crippen molar-refractivity contribution in [3.63, 3.8) is 0 Å². The normalized spacial score (nSPS) is 10.4. The molecule has 0 radical (unpaired) electrons. The molecule has 1 aromatic carbocycles. The summed E-state index contributed by atoms with van der Waals surface area (Å²) in [5, 5.41) is 2.04. The van der Waals surface area contributed by atoms with Crippen LogP contribution in [0.25, 0.3) is 0 Å². The molecule has 0 bridgehead atoms. The highest BCUT2D eigenvalue weighted by molar-refractivity contribution is 8.01. The van der Waals surface area contributed by atoms with E-state index in [1.807, 2.05) is 36.6 Å². The lowest BCUT2D eigenvalue weighted by Crippen LogP contribution is -1.86. The number of hydrogen-bond donors (Lipinski definition) is 1. The molecule has 0 fully saturated rings. The van der Waals surface area contributed by atoms with Gasteiger partial charge in [-0.15, -0.1) is 11.3 Å². The van der Waals surface area contributed by atoms with E-state index in [-0.39, 0.29) is 0 Å². The number of anilines is 1. The molecule has 2 rings (SSSR count). The topological polar surface area (TPSA) is 38.9 Å². The second kappa shape index (κ2) is 4.02. The van der Waals surface area contributed by atoms with Crippen LogP contribution in [0.3, 0.4) is 0 Å². The van der Waals surface area contributed by atoms with Crippen LogP contribution in [0.2, 0.25) is 0 Å². The van der Waals surface area contributed by atoms with Gasteiger partial charge in [-0.25, -0.2) is 4.98 Å². The zero-order valence-corrected chi connectivity index (χ0v) is 9.36. The van der Waals surface area contributed by atoms with Crippen molar-refractivity contribution in [3.05, 3.63) is 35.3 Å². The fourth-order valence-electron chi connectivity index (χ4n) is 1.05. The minimum absolute atomic E-state index is 0.811. The second-order valence-corrected chi connectivity index (χ2v) is 5.04. The summed E-state index contributed by atoms with van der Waals surface area (Å²) >= 11 is 3.27. The number of nitrogens with zero attached hydrogens (tertiary/aromatic N) is 1. The molecule has 0 saturated heterocycles. The molecule has 4 heteroatoms. The summed E-state index contributed by atoms with van der Waals surface area (Å²) in [7, 11) is 0. The highest BCUT2D eigenvalue weighted by atomic mass is 32.2. The Hall–Kier alpha value is -1.00. The highest BCUT2D eigenvalue weighted by Crippen LogP contribution is 2.33. The molecule has 2 nitrogen and oxygen atoms in total. The number of nitrogens with two attached hydrogens (primary N) is 1. The molecule has 14 heavy (non-hydrogen) atoms. The number of hydrogen-bond acceptors (Lipinski definition) is 4. The first-order valence-corrected chi connectivity index (χ1v) is 5.90. The van der Waals surface area contributed by atoms with Crippen molar-refractivity contribution in [1.82, 2.24) is 4.98 Å². The molecule has 0 aliphatic heterocycles. The lowest BCUT2D eigenvalue weighted by atomic mass is 10.3. The maximum absolute atomic E-state index is 5.83. The third-order valence-electron chi connectivity index (χ3n) is 1.71. The molecular formula is C10H10N2S2. The van der Waals surface area contributed by atoms with Crippen LogP contribution in [0.15, 0.2) is 38.9 Å². The number of nitrogen functional groups attached to an aromatic ring is 1. The van der Waals surface area contributed by atoms with Crippen LogP contribution >= 0.6 is 23.1 Å². The number of aryl methyl sites for hydroxylation is 1. The lowest BCUT2D eigenvalue weighted by Gasteiger charge is -2.00. The predicted octanol–water partition coefficient (Wildman–Crippen LogP) is 3.18. The lowest BCUT2D eigenvalue weighted by molar-refractivity contribution is 1.16. The first-order chi connectivity index (χ1) is 6.75. The van der Waals surface area contributed by atoms with E-state index < -0.39 is 0 Å². The van der Waals surface area contributed by atoms with E-state index in [0.717, 1.165) is 20.6 Å². The van der Waals surface area contributed by atoms with Gasteiger partial charge in [0.1, 0.15) is 0 Å². The van der Waals surface area contributed by atoms with Crippen LogP contribution in [0.5, 0.6) is 0 Å². The molecule has 72 valence electrons. The van der Waals surface area contributed by atoms with E-state index >= 15 is 0 Å². The average Bonchev–Trinajstić information content (AvgIpc) is 2.56. The molecular weight excluding hydrogens is 212 g/mol. The van der Waals surface area contributed by atoms with E-state index in [1.165, 1.54) is 0 Å². The highest BCUT2D eigenvalue weighted by Gasteiger charge is 2.03. The van der Waals surface area contributed by atoms with Crippen molar-refractivity contribution in [2.24, 2.45) is 0 Å². The summed E-state index contributed by atoms with van der Waals surface area (Å²) in [4.78, 5) is 5.44. The Morgan fingerprint density at radius 1 is 1.36 bits per heavy atom. The average molecular weight is 222 g/mol. The van der Waals surface area contributed by atoms with Gasteiger partial charge in [-0.2, -0.15) is 0 Å². The quantitative estimate of drug-likeness (QED) is 0.793. The minimum atomic E-state index is 0.811. The van der Waals surface area contributed by atoms with Crippen molar-refractivity contribution in [2.45, 2.75) is 16.2 Å². The van der Waals surface area contributed by atoms with E-state index in [1.54, 1.807) is 23.1 Å². The molecule has 1 aromatic heterocycles. The molecule has 2 N–H and O–H groups in total. The standard InChI is InChI=1S/C10H10N2S2/c1-7-6-13-10(12-7)14-9-5-3-2-4-8(9)11/h2-6H,11H2,1H3. The molecule has 0 saturated carbocycles. The van der Waals surface area contributed by atoms with Crippen molar-refractivity contribution in [1.29, 1.82) is 0 Å². The van der Waals surface area contributed by atoms with Gasteiger partial charge >= 0.3 is 0 Å². The van der Waals surface area contributed by atoms with Crippen LogP contribution in [0.4, 0.5) is 5.69 Å². The Balaban J connectivity index is 2.23. The van der Waals surface area contributed by atoms with Gasteiger partial charge in [0.25, 0.3) is 0 Å². The monoisotopic (exact) mass is 222 g/mol. The van der Waals surface area contributed by atoms with Crippen LogP contribution in [-0.2, 0) is 0 Å². The van der Waals surface area contributed by atoms with Crippen LogP contribution in [-0.4, -0.2) is 4.98 Å². The van der Waals surface area contributed by atoms with Gasteiger partial charge in [0.2, 0.25) is 0 Å². The Bertz CT molecular complexity index is 437. The molecule has 1 heterocycles. The van der Waals surface area contributed by atoms with E-state index in [9.17, 15) is 0 Å². The summed E-state index contributed by atoms with van der Waals surface area (Å²) in [6.45, 7) is 1.99. The van der Waals surface area contributed by atoms with E-state index in [2.05, 4.69) is 4.98 Å². The Labute approximate surface area is 91.2 Å². The fourth-order valence-corrected chi connectivity index (χ4v) is 2.88. The number of thiazole rings is 1. The first kappa shape index (κ1) is 9.55. The van der Waals surface area contributed by atoms with Gasteiger partial charge in [-0.1, -0.05) is 23.9 Å². The van der Waals surface area contributed by atoms with Crippen molar-refractivity contribution < 1.29 is 0 Å². The van der Waals surface area contributed by atoms with Crippen LogP contribution in [0.1, 0.15) is 5.69 Å². The summed E-state index contributed by atoms with van der Waals surface area (Å²) < 4.78 is 1.04. The zero-order valence-electron chi connectivity index (χ0n) is 7.73. The minimum Gasteiger partial charge on any atom is -0.398 e. The van der Waals surface area contributed by atoms with Gasteiger partial charge < -0.3 is 5.73 Å². The third-order valence-corrected chi connectivity index (χ3v) is 3.86. The smallest absolute Gasteiger partial charge is 0.154 e. The molecule has 0 amide bonds. The zero-order chi connectivity index (χ0) is 9.97. The van der Waals surface area contributed by atoms with E-state index in [0.29, 0.717) is 0 Å². The van der Waals surface area contributed by atoms with Gasteiger partial charge in [0.15, 0.2) is 4.34 Å². The van der Waals surface area contributed by atoms with Gasteiger partial charge in [0.05, 0.1) is 0 Å². The number of rotatable bonds is 2. The summed E-state index contributed by atoms with van der Waals surface area (Å²) in [5.74, 6) is 0. The van der Waals surface area contributed by atoms with Gasteiger partial charge in [0, 0.05) is 21.7 Å². The van der Waals surface area contributed by atoms with Crippen LogP contribution < -0.4 is 5.73 Å². The Morgan fingerprint density at radius 2 is 2.14 bits per heavy atom. The molecule has 0 spiro atoms. The summed E-state index contributed by atoms with van der Waals surface area (Å²) in [6, 6.07) is 7.84. The Morgan fingerprint density at radius 3 is 2.79 bits per heavy atom. The molecule has 0 aliphatic carbocycles. The number of aromatic nitrogens is 1. The summed E-state index contributed by atoms with van der Waals surface area (Å²) in [6.07, 6.45) is 0. The van der Waals surface area contributed by atoms with Crippen molar-refractivity contribution >= 4 is 28.8 Å². The maximum Gasteiger partial charge on any atom is 0.154 e. The second-order valence-electron chi connectivity index (χ2n) is 2.89. The van der Waals surface area contributed by atoms with Crippen molar-refractivity contribution in [2.75, 3.05) is 5.73 Å². The molecule has 0 atom stereocenters. The van der Waals surface area contributed by atoms with Gasteiger partial charge in [-0.3, -0.25) is 0 Å². The molecule has 0 aliphatic rings. The number of para-hydroxylation sites is 1. The Kier molecular flexibility index (Phi) is 2.74. The SMILES string of the molecule is Cc1csc(Sc2ccccc2N)n1. The van der Waals surface area contributed by atoms with Gasteiger partial charge in [-0.05, 0) is 19.1 Å². The maximum atomic E-state index is 5.83. The predicted molar refractivity (Wildman–Crippen MR) is 61.8 cm³/mol. The molecule has 0 unspecified atom stereocenters. The molecule has 2 aromatic rings. The van der Waals surface area contributed by atoms with E-state index in [4.69, 9.17) is 5.73 Å². The van der Waals surface area contributed by atoms with Crippen LogP contribution in [0, 0.1) is 6.92 Å². The van der Waals surface area contributed by atoms with Crippen molar-refractivity contribution in [3.8, 4) is 0 Å². The largest absolute Gasteiger partial charge is 0.398 e. The fraction of sp³-hybridized carbons (Fsp3) is 0.100. The number of benzene rings is 1. The third kappa shape index (κ3) is 2.08. The first-order valence-electron chi connectivity index (χ1n) is 4.20.